The molecule has 0 aliphatic carbocycles. The maximum absolute atomic E-state index is 8.12. The van der Waals surface area contributed by atoms with Gasteiger partial charge in [0.15, 0.2) is 0 Å². The van der Waals surface area contributed by atoms with Gasteiger partial charge in [-0.05, 0) is 0 Å². The van der Waals surface area contributed by atoms with Crippen LogP contribution >= 0.6 is 0 Å². The van der Waals surface area contributed by atoms with Crippen molar-refractivity contribution in [3.63, 3.8) is 0 Å². The van der Waals surface area contributed by atoms with E-state index in [1.165, 1.54) is 70.3 Å². The Labute approximate surface area is 170 Å². The van der Waals surface area contributed by atoms with Crippen LogP contribution < -0.4 is 10.4 Å². The first-order valence-corrected chi connectivity index (χ1v) is 17.1. The Kier molecular flexibility index (Phi) is 15.5. The number of benzene rings is 1. The third-order valence-corrected chi connectivity index (χ3v) is 10.7. The molecule has 0 aliphatic rings. The Morgan fingerprint density at radius 1 is 0.778 bits per heavy atom. The first-order valence-electron chi connectivity index (χ1n) is 11.0. The second kappa shape index (κ2) is 16.0. The van der Waals surface area contributed by atoms with E-state index in [9.17, 15) is 0 Å². The minimum atomic E-state index is -1.21. The number of rotatable bonds is 13. The molecule has 0 spiro atoms. The molecule has 1 rings (SSSR count). The molecule has 0 N–H and O–H groups in total. The lowest BCUT2D eigenvalue weighted by molar-refractivity contribution is -0.191. The quantitative estimate of drug-likeness (QED) is 0.314. The van der Waals surface area contributed by atoms with Gasteiger partial charge in [0, 0.05) is 0 Å². The SMILES string of the molecule is CCCCCCCCCCCC[Si](C)(C)c1ccc([SiH](C)C)cc1.O=C=O. The Morgan fingerprint density at radius 3 is 1.59 bits per heavy atom. The van der Waals surface area contributed by atoms with Crippen molar-refractivity contribution >= 4 is 33.4 Å². The minimum Gasteiger partial charge on any atom is -0.186 e. The average molecular weight is 407 g/mol. The van der Waals surface area contributed by atoms with E-state index in [1.54, 1.807) is 10.4 Å². The Bertz CT molecular complexity index is 504. The van der Waals surface area contributed by atoms with Crippen molar-refractivity contribution in [1.82, 2.24) is 0 Å². The molecule has 0 aromatic heterocycles. The lowest BCUT2D eigenvalue weighted by Crippen LogP contribution is -2.42. The van der Waals surface area contributed by atoms with Crippen LogP contribution in [0.2, 0.25) is 32.2 Å². The van der Waals surface area contributed by atoms with Crippen LogP contribution in [-0.4, -0.2) is 23.0 Å². The molecule has 0 heterocycles. The van der Waals surface area contributed by atoms with E-state index < -0.39 is 16.9 Å². The monoisotopic (exact) mass is 406 g/mol. The normalized spacial score (nSPS) is 11.0. The third-order valence-electron chi connectivity index (χ3n) is 5.51. The van der Waals surface area contributed by atoms with Gasteiger partial charge in [-0.15, -0.1) is 0 Å². The Morgan fingerprint density at radius 2 is 1.19 bits per heavy atom. The fraction of sp³-hybridized carbons (Fsp3) is 0.696. The molecule has 0 radical (unpaired) electrons. The fourth-order valence-corrected chi connectivity index (χ4v) is 6.97. The van der Waals surface area contributed by atoms with E-state index in [0.29, 0.717) is 0 Å². The maximum atomic E-state index is 8.12. The van der Waals surface area contributed by atoms with E-state index in [4.69, 9.17) is 9.59 Å². The van der Waals surface area contributed by atoms with Gasteiger partial charge in [0.1, 0.15) is 0 Å². The summed E-state index contributed by atoms with van der Waals surface area (Å²) < 4.78 is 0. The number of hydrogen-bond acceptors (Lipinski definition) is 2. The smallest absolute Gasteiger partial charge is 0.186 e. The van der Waals surface area contributed by atoms with Gasteiger partial charge in [-0.2, -0.15) is 9.59 Å². The summed E-state index contributed by atoms with van der Waals surface area (Å²) in [5.74, 6) is 0. The molecule has 0 saturated carbocycles. The zero-order valence-corrected chi connectivity index (χ0v) is 20.6. The first kappa shape index (κ1) is 26.0. The molecule has 1 aromatic rings. The molecule has 0 aliphatic heterocycles. The summed E-state index contributed by atoms with van der Waals surface area (Å²) in [6.45, 7) is 12.2. The van der Waals surface area contributed by atoms with Gasteiger partial charge in [0.05, 0.1) is 16.9 Å². The molecule has 2 nitrogen and oxygen atoms in total. The highest BCUT2D eigenvalue weighted by molar-refractivity contribution is 6.89. The number of unbranched alkanes of at least 4 members (excludes halogenated alkanes) is 9. The summed E-state index contributed by atoms with van der Waals surface area (Å²) >= 11 is 0. The van der Waals surface area contributed by atoms with Gasteiger partial charge < -0.3 is 0 Å². The Hall–Kier alpha value is -0.966. The van der Waals surface area contributed by atoms with Crippen LogP contribution in [0.1, 0.15) is 71.1 Å². The van der Waals surface area contributed by atoms with Gasteiger partial charge in [0.25, 0.3) is 0 Å². The van der Waals surface area contributed by atoms with Crippen molar-refractivity contribution in [2.24, 2.45) is 0 Å². The zero-order chi connectivity index (χ0) is 20.5. The zero-order valence-electron chi connectivity index (χ0n) is 18.5. The maximum Gasteiger partial charge on any atom is 0.373 e. The van der Waals surface area contributed by atoms with Gasteiger partial charge in [-0.25, -0.2) is 0 Å². The van der Waals surface area contributed by atoms with Crippen LogP contribution in [0.15, 0.2) is 24.3 Å². The van der Waals surface area contributed by atoms with E-state index in [0.717, 1.165) is 0 Å². The summed E-state index contributed by atoms with van der Waals surface area (Å²) in [6.07, 6.45) is 14.7. The topological polar surface area (TPSA) is 34.1 Å². The molecule has 4 heteroatoms. The Balaban J connectivity index is 0.00000210. The molecule has 0 bridgehead atoms. The average Bonchev–Trinajstić information content (AvgIpc) is 2.64. The second-order valence-corrected chi connectivity index (χ2v) is 16.5. The van der Waals surface area contributed by atoms with Crippen LogP contribution in [0, 0.1) is 0 Å². The predicted molar refractivity (Wildman–Crippen MR) is 124 cm³/mol. The van der Waals surface area contributed by atoms with Crippen molar-refractivity contribution in [3.8, 4) is 0 Å². The van der Waals surface area contributed by atoms with E-state index in [-0.39, 0.29) is 6.15 Å². The van der Waals surface area contributed by atoms with Crippen LogP contribution in [0.4, 0.5) is 0 Å². The van der Waals surface area contributed by atoms with Crippen molar-refractivity contribution in [1.29, 1.82) is 0 Å². The molecule has 154 valence electrons. The number of hydrogen-bond donors (Lipinski definition) is 0. The second-order valence-electron chi connectivity index (χ2n) is 8.68. The lowest BCUT2D eigenvalue weighted by Gasteiger charge is -2.23. The van der Waals surface area contributed by atoms with Crippen LogP contribution in [0.3, 0.4) is 0 Å². The first-order chi connectivity index (χ1) is 12.9. The van der Waals surface area contributed by atoms with Crippen LogP contribution in [0.25, 0.3) is 0 Å². The summed E-state index contributed by atoms with van der Waals surface area (Å²) in [5, 5.41) is 3.28. The molecule has 0 saturated heterocycles. The molecule has 0 atom stereocenters. The third kappa shape index (κ3) is 12.9. The molecule has 1 aromatic carbocycles. The summed E-state index contributed by atoms with van der Waals surface area (Å²) in [7, 11) is -1.85. The lowest BCUT2D eigenvalue weighted by atomic mass is 10.1. The molecular weight excluding hydrogens is 364 g/mol. The molecule has 0 unspecified atom stereocenters. The standard InChI is InChI=1S/C22H42Si2.CO2/c1-6-7-8-9-10-11-12-13-14-15-20-24(4,5)22-18-16-21(17-19-22)23(2)3;2-1-3/h16-19,23H,6-15,20H2,1-5H3;. The highest BCUT2D eigenvalue weighted by Crippen LogP contribution is 2.17. The molecular formula is C23H42O2Si2. The summed E-state index contributed by atoms with van der Waals surface area (Å²) in [4.78, 5) is 16.2. The van der Waals surface area contributed by atoms with Crippen molar-refractivity contribution in [3.05, 3.63) is 24.3 Å². The minimum absolute atomic E-state index is 0.250. The van der Waals surface area contributed by atoms with Gasteiger partial charge >= 0.3 is 6.15 Å². The van der Waals surface area contributed by atoms with Crippen molar-refractivity contribution < 1.29 is 9.59 Å². The summed E-state index contributed by atoms with van der Waals surface area (Å²) in [6, 6.07) is 11.2. The van der Waals surface area contributed by atoms with Gasteiger partial charge in [0.2, 0.25) is 0 Å². The fourth-order valence-electron chi connectivity index (χ4n) is 3.52. The highest BCUT2D eigenvalue weighted by Gasteiger charge is 2.22. The van der Waals surface area contributed by atoms with Crippen molar-refractivity contribution in [2.75, 3.05) is 0 Å². The van der Waals surface area contributed by atoms with Crippen molar-refractivity contribution in [2.45, 2.75) is 103 Å². The molecule has 0 fully saturated rings. The molecule has 0 amide bonds. The number of carbonyl (C=O) groups excluding carboxylic acids is 2. The van der Waals surface area contributed by atoms with Crippen LogP contribution in [-0.2, 0) is 9.59 Å². The predicted octanol–water partition coefficient (Wildman–Crippen LogP) is 5.63. The van der Waals surface area contributed by atoms with E-state index in [2.05, 4.69) is 57.4 Å². The summed E-state index contributed by atoms with van der Waals surface area (Å²) in [5.41, 5.74) is 0. The van der Waals surface area contributed by atoms with E-state index >= 15 is 0 Å². The van der Waals surface area contributed by atoms with Crippen LogP contribution in [0.5, 0.6) is 0 Å². The largest absolute Gasteiger partial charge is 0.373 e. The molecule has 27 heavy (non-hydrogen) atoms. The van der Waals surface area contributed by atoms with Gasteiger partial charge in [-0.1, -0.05) is 138 Å². The highest BCUT2D eigenvalue weighted by atomic mass is 28.3. The van der Waals surface area contributed by atoms with Gasteiger partial charge in [-0.3, -0.25) is 0 Å². The van der Waals surface area contributed by atoms with E-state index in [1.807, 2.05) is 0 Å².